The number of rotatable bonds is 2. The topological polar surface area (TPSA) is 32.9 Å². The van der Waals surface area contributed by atoms with Gasteiger partial charge in [0, 0.05) is 11.8 Å². The van der Waals surface area contributed by atoms with Gasteiger partial charge in [-0.25, -0.2) is 4.39 Å². The Balaban J connectivity index is 2.37. The van der Waals surface area contributed by atoms with Crippen LogP contribution in [0.1, 0.15) is 16.1 Å². The van der Waals surface area contributed by atoms with Crippen molar-refractivity contribution in [2.45, 2.75) is 0 Å². The number of nitrogens with one attached hydrogen (secondary N) is 1. The molecule has 0 bridgehead atoms. The van der Waals surface area contributed by atoms with Gasteiger partial charge in [-0.05, 0) is 24.3 Å². The van der Waals surface area contributed by atoms with E-state index in [1.165, 1.54) is 18.2 Å². The number of H-pyrrole nitrogens is 1. The minimum atomic E-state index is -0.401. The average Bonchev–Trinajstić information content (AvgIpc) is 2.69. The van der Waals surface area contributed by atoms with Crippen LogP contribution in [0.25, 0.3) is 0 Å². The summed E-state index contributed by atoms with van der Waals surface area (Å²) >= 11 is 0. The zero-order valence-corrected chi connectivity index (χ0v) is 7.33. The first-order valence-electron chi connectivity index (χ1n) is 4.21. The fourth-order valence-electron chi connectivity index (χ4n) is 1.26. The number of hydrogen-bond donors (Lipinski definition) is 1. The first-order valence-corrected chi connectivity index (χ1v) is 4.21. The molecule has 3 heteroatoms. The van der Waals surface area contributed by atoms with E-state index in [0.717, 1.165) is 0 Å². The molecule has 2 aromatic rings. The Bertz CT molecular complexity index is 448. The fourth-order valence-corrected chi connectivity index (χ4v) is 1.26. The Kier molecular flexibility index (Phi) is 2.14. The normalized spacial score (nSPS) is 10.1. The second-order valence-electron chi connectivity index (χ2n) is 2.92. The van der Waals surface area contributed by atoms with Gasteiger partial charge in [-0.2, -0.15) is 0 Å². The maximum absolute atomic E-state index is 12.8. The fraction of sp³-hybridized carbons (Fsp3) is 0. The zero-order valence-electron chi connectivity index (χ0n) is 7.33. The van der Waals surface area contributed by atoms with E-state index in [9.17, 15) is 9.18 Å². The van der Waals surface area contributed by atoms with Crippen LogP contribution in [0.15, 0.2) is 42.6 Å². The average molecular weight is 189 g/mol. The molecule has 0 unspecified atom stereocenters. The standard InChI is InChI=1S/C11H8FNO/c12-9-4-1-3-8(7-9)11(14)10-5-2-6-13-10/h1-7,13H. The van der Waals surface area contributed by atoms with Crippen molar-refractivity contribution >= 4 is 5.78 Å². The van der Waals surface area contributed by atoms with Crippen molar-refractivity contribution in [1.82, 2.24) is 4.98 Å². The highest BCUT2D eigenvalue weighted by Gasteiger charge is 2.09. The number of aromatic nitrogens is 1. The van der Waals surface area contributed by atoms with Crippen LogP contribution in [0.5, 0.6) is 0 Å². The van der Waals surface area contributed by atoms with Gasteiger partial charge in [-0.3, -0.25) is 4.79 Å². The van der Waals surface area contributed by atoms with E-state index in [2.05, 4.69) is 4.98 Å². The molecule has 0 aliphatic heterocycles. The van der Waals surface area contributed by atoms with Gasteiger partial charge >= 0.3 is 0 Å². The van der Waals surface area contributed by atoms with Gasteiger partial charge in [0.15, 0.2) is 0 Å². The molecule has 0 radical (unpaired) electrons. The van der Waals surface area contributed by atoms with Crippen LogP contribution in [0.3, 0.4) is 0 Å². The number of carbonyl (C=O) groups excluding carboxylic acids is 1. The molecule has 1 N–H and O–H groups in total. The maximum atomic E-state index is 12.8. The lowest BCUT2D eigenvalue weighted by atomic mass is 10.1. The SMILES string of the molecule is O=C(c1cccc(F)c1)c1ccc[nH]1. The Hall–Kier alpha value is -1.90. The van der Waals surface area contributed by atoms with Crippen LogP contribution in [0.4, 0.5) is 4.39 Å². The number of ketones is 1. The molecule has 0 amide bonds. The molecule has 0 saturated carbocycles. The van der Waals surface area contributed by atoms with E-state index in [1.807, 2.05) is 0 Å². The van der Waals surface area contributed by atoms with Gasteiger partial charge in [0.1, 0.15) is 5.82 Å². The molecule has 70 valence electrons. The van der Waals surface area contributed by atoms with E-state index in [0.29, 0.717) is 11.3 Å². The summed E-state index contributed by atoms with van der Waals surface area (Å²) in [7, 11) is 0. The first kappa shape index (κ1) is 8.69. The quantitative estimate of drug-likeness (QED) is 0.723. The number of aromatic amines is 1. The summed E-state index contributed by atoms with van der Waals surface area (Å²) in [6, 6.07) is 9.03. The van der Waals surface area contributed by atoms with Gasteiger partial charge < -0.3 is 4.98 Å². The molecule has 2 nitrogen and oxygen atoms in total. The highest BCUT2D eigenvalue weighted by Crippen LogP contribution is 2.09. The van der Waals surface area contributed by atoms with E-state index in [1.54, 1.807) is 24.4 Å². The number of halogens is 1. The number of benzene rings is 1. The number of hydrogen-bond acceptors (Lipinski definition) is 1. The van der Waals surface area contributed by atoms with Crippen molar-refractivity contribution in [3.63, 3.8) is 0 Å². The van der Waals surface area contributed by atoms with Crippen LogP contribution >= 0.6 is 0 Å². The molecule has 0 aliphatic rings. The van der Waals surface area contributed by atoms with Crippen molar-refractivity contribution in [3.05, 3.63) is 59.7 Å². The Morgan fingerprint density at radius 1 is 1.21 bits per heavy atom. The predicted octanol–water partition coefficient (Wildman–Crippen LogP) is 2.38. The van der Waals surface area contributed by atoms with Gasteiger partial charge in [0.2, 0.25) is 5.78 Å². The van der Waals surface area contributed by atoms with Gasteiger partial charge in [-0.1, -0.05) is 12.1 Å². The lowest BCUT2D eigenvalue weighted by Gasteiger charge is -1.97. The maximum Gasteiger partial charge on any atom is 0.209 e. The summed E-state index contributed by atoms with van der Waals surface area (Å²) in [6.45, 7) is 0. The van der Waals surface area contributed by atoms with Crippen LogP contribution in [0, 0.1) is 5.82 Å². The Morgan fingerprint density at radius 3 is 2.71 bits per heavy atom. The lowest BCUT2D eigenvalue weighted by Crippen LogP contribution is -2.01. The minimum Gasteiger partial charge on any atom is -0.359 e. The molecule has 1 aromatic carbocycles. The second kappa shape index (κ2) is 3.46. The highest BCUT2D eigenvalue weighted by molar-refractivity contribution is 6.07. The Labute approximate surface area is 80.4 Å². The van der Waals surface area contributed by atoms with Crippen LogP contribution in [-0.2, 0) is 0 Å². The molecule has 1 aromatic heterocycles. The molecule has 14 heavy (non-hydrogen) atoms. The second-order valence-corrected chi connectivity index (χ2v) is 2.92. The molecule has 2 rings (SSSR count). The van der Waals surface area contributed by atoms with Crippen molar-refractivity contribution in [1.29, 1.82) is 0 Å². The van der Waals surface area contributed by atoms with Crippen molar-refractivity contribution in [2.75, 3.05) is 0 Å². The van der Waals surface area contributed by atoms with Crippen molar-refractivity contribution < 1.29 is 9.18 Å². The van der Waals surface area contributed by atoms with Gasteiger partial charge in [0.05, 0.1) is 5.69 Å². The van der Waals surface area contributed by atoms with E-state index in [4.69, 9.17) is 0 Å². The molecule has 1 heterocycles. The third-order valence-corrected chi connectivity index (χ3v) is 1.93. The summed E-state index contributed by atoms with van der Waals surface area (Å²) in [5.74, 6) is -0.600. The Morgan fingerprint density at radius 2 is 2.07 bits per heavy atom. The number of carbonyl (C=O) groups is 1. The van der Waals surface area contributed by atoms with E-state index < -0.39 is 5.82 Å². The molecule has 0 fully saturated rings. The first-order chi connectivity index (χ1) is 6.77. The summed E-state index contributed by atoms with van der Waals surface area (Å²) in [5.41, 5.74) is 0.822. The molecule has 0 aliphatic carbocycles. The van der Waals surface area contributed by atoms with Crippen molar-refractivity contribution in [3.8, 4) is 0 Å². The highest BCUT2D eigenvalue weighted by atomic mass is 19.1. The third-order valence-electron chi connectivity index (χ3n) is 1.93. The van der Waals surface area contributed by atoms with E-state index in [-0.39, 0.29) is 5.78 Å². The smallest absolute Gasteiger partial charge is 0.209 e. The summed E-state index contributed by atoms with van der Waals surface area (Å²) in [4.78, 5) is 14.4. The van der Waals surface area contributed by atoms with Crippen LogP contribution < -0.4 is 0 Å². The third kappa shape index (κ3) is 1.57. The summed E-state index contributed by atoms with van der Waals surface area (Å²) in [6.07, 6.45) is 1.66. The summed E-state index contributed by atoms with van der Waals surface area (Å²) < 4.78 is 12.8. The zero-order chi connectivity index (χ0) is 9.97. The van der Waals surface area contributed by atoms with Crippen LogP contribution in [0.2, 0.25) is 0 Å². The summed E-state index contributed by atoms with van der Waals surface area (Å²) in [5, 5.41) is 0. The minimum absolute atomic E-state index is 0.200. The predicted molar refractivity (Wildman–Crippen MR) is 50.6 cm³/mol. The molecule has 0 saturated heterocycles. The van der Waals surface area contributed by atoms with Gasteiger partial charge in [0.25, 0.3) is 0 Å². The van der Waals surface area contributed by atoms with Crippen molar-refractivity contribution in [2.24, 2.45) is 0 Å². The monoisotopic (exact) mass is 189 g/mol. The molecular weight excluding hydrogens is 181 g/mol. The van der Waals surface area contributed by atoms with Gasteiger partial charge in [-0.15, -0.1) is 0 Å². The van der Waals surface area contributed by atoms with E-state index >= 15 is 0 Å². The molecular formula is C11H8FNO. The lowest BCUT2D eigenvalue weighted by molar-refractivity contribution is 0.103. The molecule has 0 spiro atoms. The molecule has 0 atom stereocenters. The largest absolute Gasteiger partial charge is 0.359 e. The van der Waals surface area contributed by atoms with Crippen LogP contribution in [-0.4, -0.2) is 10.8 Å².